The van der Waals surface area contributed by atoms with Crippen molar-refractivity contribution < 1.29 is 0 Å². The van der Waals surface area contributed by atoms with Crippen LogP contribution in [-0.2, 0) is 19.0 Å². The monoisotopic (exact) mass is 322 g/mol. The predicted octanol–water partition coefficient (Wildman–Crippen LogP) is 4.11. The van der Waals surface area contributed by atoms with Gasteiger partial charge in [0.15, 0.2) is 0 Å². The van der Waals surface area contributed by atoms with Crippen LogP contribution in [0.5, 0.6) is 0 Å². The SMILES string of the molecule is ClCc1nc2ccc(Cl)cc2n1CCCCn1ccnc1. The third-order valence-electron chi connectivity index (χ3n) is 3.52. The molecule has 3 aromatic rings. The summed E-state index contributed by atoms with van der Waals surface area (Å²) < 4.78 is 4.26. The first-order valence-corrected chi connectivity index (χ1v) is 7.85. The molecular formula is C15H16Cl2N4. The topological polar surface area (TPSA) is 35.6 Å². The van der Waals surface area contributed by atoms with E-state index in [-0.39, 0.29) is 0 Å². The third-order valence-corrected chi connectivity index (χ3v) is 3.99. The van der Waals surface area contributed by atoms with Crippen molar-refractivity contribution in [2.75, 3.05) is 0 Å². The second-order valence-corrected chi connectivity index (χ2v) is 5.66. The lowest BCUT2D eigenvalue weighted by molar-refractivity contribution is 0.552. The lowest BCUT2D eigenvalue weighted by Gasteiger charge is -2.08. The first kappa shape index (κ1) is 14.4. The van der Waals surface area contributed by atoms with Crippen LogP contribution in [0.2, 0.25) is 5.02 Å². The number of nitrogens with zero attached hydrogens (tertiary/aromatic N) is 4. The number of imidazole rings is 2. The van der Waals surface area contributed by atoms with Gasteiger partial charge >= 0.3 is 0 Å². The van der Waals surface area contributed by atoms with Crippen LogP contribution in [0.15, 0.2) is 36.9 Å². The van der Waals surface area contributed by atoms with Crippen molar-refractivity contribution in [1.29, 1.82) is 0 Å². The highest BCUT2D eigenvalue weighted by molar-refractivity contribution is 6.31. The van der Waals surface area contributed by atoms with Crippen LogP contribution in [0.4, 0.5) is 0 Å². The number of rotatable bonds is 6. The van der Waals surface area contributed by atoms with Gasteiger partial charge in [0, 0.05) is 30.5 Å². The summed E-state index contributed by atoms with van der Waals surface area (Å²) in [5.41, 5.74) is 2.01. The molecule has 1 aromatic carbocycles. The highest BCUT2D eigenvalue weighted by atomic mass is 35.5. The number of halogens is 2. The van der Waals surface area contributed by atoms with E-state index in [1.807, 2.05) is 30.7 Å². The highest BCUT2D eigenvalue weighted by Crippen LogP contribution is 2.22. The average molecular weight is 323 g/mol. The van der Waals surface area contributed by atoms with Gasteiger partial charge < -0.3 is 9.13 Å². The summed E-state index contributed by atoms with van der Waals surface area (Å²) >= 11 is 12.1. The van der Waals surface area contributed by atoms with E-state index in [0.29, 0.717) is 5.88 Å². The summed E-state index contributed by atoms with van der Waals surface area (Å²) in [5.74, 6) is 1.31. The molecule has 2 aromatic heterocycles. The quantitative estimate of drug-likeness (QED) is 0.506. The number of fused-ring (bicyclic) bond motifs is 1. The molecule has 6 heteroatoms. The van der Waals surface area contributed by atoms with E-state index >= 15 is 0 Å². The van der Waals surface area contributed by atoms with Crippen LogP contribution < -0.4 is 0 Å². The van der Waals surface area contributed by atoms with Gasteiger partial charge in [0.05, 0.1) is 23.2 Å². The molecule has 0 aliphatic rings. The van der Waals surface area contributed by atoms with Gasteiger partial charge in [0.1, 0.15) is 5.82 Å². The minimum atomic E-state index is 0.411. The second-order valence-electron chi connectivity index (χ2n) is 4.95. The van der Waals surface area contributed by atoms with Gasteiger partial charge in [-0.1, -0.05) is 11.6 Å². The average Bonchev–Trinajstić information content (AvgIpc) is 3.11. The van der Waals surface area contributed by atoms with Crippen molar-refractivity contribution in [1.82, 2.24) is 19.1 Å². The van der Waals surface area contributed by atoms with E-state index in [0.717, 1.165) is 47.8 Å². The maximum Gasteiger partial charge on any atom is 0.124 e. The Bertz CT molecular complexity index is 719. The summed E-state index contributed by atoms with van der Waals surface area (Å²) in [5, 5.41) is 0.725. The van der Waals surface area contributed by atoms with Crippen molar-refractivity contribution >= 4 is 34.2 Å². The third kappa shape index (κ3) is 3.22. The summed E-state index contributed by atoms with van der Waals surface area (Å²) in [4.78, 5) is 8.60. The molecular weight excluding hydrogens is 307 g/mol. The maximum absolute atomic E-state index is 6.09. The summed E-state index contributed by atoms with van der Waals surface area (Å²) in [7, 11) is 0. The summed E-state index contributed by atoms with van der Waals surface area (Å²) in [6.45, 7) is 1.87. The molecule has 110 valence electrons. The van der Waals surface area contributed by atoms with Crippen LogP contribution in [0.1, 0.15) is 18.7 Å². The molecule has 0 unspecified atom stereocenters. The lowest BCUT2D eigenvalue weighted by Crippen LogP contribution is -2.04. The molecule has 0 saturated heterocycles. The molecule has 3 rings (SSSR count). The van der Waals surface area contributed by atoms with E-state index in [9.17, 15) is 0 Å². The summed E-state index contributed by atoms with van der Waals surface area (Å²) in [6, 6.07) is 5.75. The molecule has 0 saturated carbocycles. The van der Waals surface area contributed by atoms with Crippen molar-refractivity contribution in [3.8, 4) is 0 Å². The molecule has 0 fully saturated rings. The van der Waals surface area contributed by atoms with Gasteiger partial charge in [-0.2, -0.15) is 0 Å². The van der Waals surface area contributed by atoms with Gasteiger partial charge in [-0.3, -0.25) is 0 Å². The number of aryl methyl sites for hydroxylation is 2. The van der Waals surface area contributed by atoms with Gasteiger partial charge in [-0.25, -0.2) is 9.97 Å². The first-order chi connectivity index (χ1) is 10.3. The Kier molecular flexibility index (Phi) is 4.46. The number of hydrogen-bond donors (Lipinski definition) is 0. The Morgan fingerprint density at radius 3 is 2.76 bits per heavy atom. The van der Waals surface area contributed by atoms with Gasteiger partial charge in [0.25, 0.3) is 0 Å². The Labute approximate surface area is 133 Å². The maximum atomic E-state index is 6.09. The van der Waals surface area contributed by atoms with E-state index in [4.69, 9.17) is 23.2 Å². The molecule has 2 heterocycles. The first-order valence-electron chi connectivity index (χ1n) is 6.94. The molecule has 0 aliphatic heterocycles. The van der Waals surface area contributed by atoms with E-state index in [1.165, 1.54) is 0 Å². The molecule has 4 nitrogen and oxygen atoms in total. The van der Waals surface area contributed by atoms with Crippen molar-refractivity contribution in [3.05, 3.63) is 47.8 Å². The zero-order chi connectivity index (χ0) is 14.7. The fourth-order valence-corrected chi connectivity index (χ4v) is 2.85. The Morgan fingerprint density at radius 1 is 1.14 bits per heavy atom. The Morgan fingerprint density at radius 2 is 2.00 bits per heavy atom. The fraction of sp³-hybridized carbons (Fsp3) is 0.333. The molecule has 0 aliphatic carbocycles. The number of alkyl halides is 1. The minimum Gasteiger partial charge on any atom is -0.337 e. The van der Waals surface area contributed by atoms with Crippen LogP contribution in [0.25, 0.3) is 11.0 Å². The van der Waals surface area contributed by atoms with Crippen molar-refractivity contribution in [2.45, 2.75) is 31.8 Å². The van der Waals surface area contributed by atoms with Crippen LogP contribution in [0.3, 0.4) is 0 Å². The Hall–Kier alpha value is -1.52. The van der Waals surface area contributed by atoms with Crippen LogP contribution >= 0.6 is 23.2 Å². The van der Waals surface area contributed by atoms with Crippen LogP contribution in [-0.4, -0.2) is 19.1 Å². The largest absolute Gasteiger partial charge is 0.337 e. The number of unbranched alkanes of at least 4 members (excludes halogenated alkanes) is 1. The van der Waals surface area contributed by atoms with Gasteiger partial charge in [0.2, 0.25) is 0 Å². The molecule has 0 spiro atoms. The molecule has 21 heavy (non-hydrogen) atoms. The molecule has 0 bridgehead atoms. The van der Waals surface area contributed by atoms with Crippen molar-refractivity contribution in [3.63, 3.8) is 0 Å². The zero-order valence-electron chi connectivity index (χ0n) is 11.5. The number of hydrogen-bond acceptors (Lipinski definition) is 2. The van der Waals surface area contributed by atoms with Gasteiger partial charge in [-0.05, 0) is 31.0 Å². The van der Waals surface area contributed by atoms with Crippen molar-refractivity contribution in [2.24, 2.45) is 0 Å². The fourth-order valence-electron chi connectivity index (χ4n) is 2.48. The van der Waals surface area contributed by atoms with Gasteiger partial charge in [-0.15, -0.1) is 11.6 Å². The summed E-state index contributed by atoms with van der Waals surface area (Å²) in [6.07, 6.45) is 7.77. The predicted molar refractivity (Wildman–Crippen MR) is 85.8 cm³/mol. The van der Waals surface area contributed by atoms with E-state index in [1.54, 1.807) is 6.20 Å². The van der Waals surface area contributed by atoms with Crippen LogP contribution in [0, 0.1) is 0 Å². The van der Waals surface area contributed by atoms with E-state index in [2.05, 4.69) is 19.1 Å². The molecule has 0 amide bonds. The molecule has 0 radical (unpaired) electrons. The number of aromatic nitrogens is 4. The normalized spacial score (nSPS) is 11.3. The standard InChI is InChI=1S/C15H16Cl2N4/c16-10-15-19-13-4-3-12(17)9-14(13)21(15)7-2-1-6-20-8-5-18-11-20/h3-5,8-9,11H,1-2,6-7,10H2. The molecule has 0 atom stereocenters. The smallest absolute Gasteiger partial charge is 0.124 e. The number of benzene rings is 1. The lowest BCUT2D eigenvalue weighted by atomic mass is 10.3. The second kappa shape index (κ2) is 6.50. The highest BCUT2D eigenvalue weighted by Gasteiger charge is 2.10. The molecule has 0 N–H and O–H groups in total. The Balaban J connectivity index is 1.71. The van der Waals surface area contributed by atoms with E-state index < -0.39 is 0 Å². The zero-order valence-corrected chi connectivity index (χ0v) is 13.1. The minimum absolute atomic E-state index is 0.411.